The largest absolute Gasteiger partial charge is 0.316 e. The van der Waals surface area contributed by atoms with Crippen LogP contribution in [0.2, 0.25) is 0 Å². The number of rotatable bonds is 2. The normalized spacial score (nSPS) is 30.3. The lowest BCUT2D eigenvalue weighted by Crippen LogP contribution is -2.41. The van der Waals surface area contributed by atoms with E-state index in [2.05, 4.69) is 25.2 Å². The van der Waals surface area contributed by atoms with Crippen LogP contribution in [-0.4, -0.2) is 13.1 Å². The van der Waals surface area contributed by atoms with E-state index >= 15 is 0 Å². The number of benzene rings is 1. The van der Waals surface area contributed by atoms with Gasteiger partial charge in [-0.05, 0) is 36.1 Å². The van der Waals surface area contributed by atoms with Crippen molar-refractivity contribution in [2.75, 3.05) is 13.1 Å². The first-order valence-corrected chi connectivity index (χ1v) is 6.12. The van der Waals surface area contributed by atoms with Crippen molar-refractivity contribution in [3.63, 3.8) is 0 Å². The van der Waals surface area contributed by atoms with Gasteiger partial charge in [-0.25, -0.2) is 4.39 Å². The summed E-state index contributed by atoms with van der Waals surface area (Å²) in [5.74, 6) is 0.309. The smallest absolute Gasteiger partial charge is 0.123 e. The van der Waals surface area contributed by atoms with Gasteiger partial charge < -0.3 is 5.32 Å². The van der Waals surface area contributed by atoms with Crippen LogP contribution in [0.15, 0.2) is 24.3 Å². The predicted octanol–water partition coefficient (Wildman–Crippen LogP) is 3.32. The molecule has 2 heteroatoms. The maximum Gasteiger partial charge on any atom is 0.123 e. The molecule has 1 aromatic rings. The number of piperidine rings is 1. The molecule has 2 unspecified atom stereocenters. The zero-order valence-electron chi connectivity index (χ0n) is 10.1. The highest BCUT2D eigenvalue weighted by atomic mass is 19.1. The van der Waals surface area contributed by atoms with E-state index in [-0.39, 0.29) is 5.82 Å². The quantitative estimate of drug-likeness (QED) is 0.807. The van der Waals surface area contributed by atoms with Crippen LogP contribution in [0.25, 0.3) is 0 Å². The predicted molar refractivity (Wildman–Crippen MR) is 65.0 cm³/mol. The minimum Gasteiger partial charge on any atom is -0.316 e. The summed E-state index contributed by atoms with van der Waals surface area (Å²) in [6.07, 6.45) is 2.32. The standard InChI is InChI=1S/C14H20FN/c1-3-14(2)7-8-16-10-13(14)11-5-4-6-12(15)9-11/h4-6,9,13,16H,3,7-8,10H2,1-2H3. The molecule has 1 aliphatic heterocycles. The Morgan fingerprint density at radius 3 is 3.00 bits per heavy atom. The molecule has 1 aliphatic rings. The second kappa shape index (κ2) is 4.54. The van der Waals surface area contributed by atoms with Crippen molar-refractivity contribution in [1.82, 2.24) is 5.32 Å². The van der Waals surface area contributed by atoms with Crippen LogP contribution in [0.3, 0.4) is 0 Å². The molecule has 2 rings (SSSR count). The Morgan fingerprint density at radius 1 is 1.50 bits per heavy atom. The molecule has 1 N–H and O–H groups in total. The van der Waals surface area contributed by atoms with E-state index in [1.54, 1.807) is 6.07 Å². The molecule has 16 heavy (non-hydrogen) atoms. The van der Waals surface area contributed by atoms with Crippen molar-refractivity contribution in [2.45, 2.75) is 32.6 Å². The van der Waals surface area contributed by atoms with E-state index in [1.807, 2.05) is 6.07 Å². The first-order chi connectivity index (χ1) is 7.65. The fourth-order valence-corrected chi connectivity index (χ4v) is 2.71. The molecule has 88 valence electrons. The Bertz CT molecular complexity index is 364. The van der Waals surface area contributed by atoms with Gasteiger partial charge in [0.05, 0.1) is 0 Å². The van der Waals surface area contributed by atoms with E-state index in [1.165, 1.54) is 12.5 Å². The molecule has 1 heterocycles. The zero-order chi connectivity index (χ0) is 11.6. The SMILES string of the molecule is CCC1(C)CCNCC1c1cccc(F)c1. The Labute approximate surface area is 97.1 Å². The molecule has 0 aromatic heterocycles. The summed E-state index contributed by atoms with van der Waals surface area (Å²) in [4.78, 5) is 0. The molecule has 0 amide bonds. The monoisotopic (exact) mass is 221 g/mol. The summed E-state index contributed by atoms with van der Waals surface area (Å²) in [6, 6.07) is 7.07. The summed E-state index contributed by atoms with van der Waals surface area (Å²) in [6.45, 7) is 6.60. The zero-order valence-corrected chi connectivity index (χ0v) is 10.1. The molecule has 0 aliphatic carbocycles. The summed E-state index contributed by atoms with van der Waals surface area (Å²) in [5, 5.41) is 3.42. The third-order valence-corrected chi connectivity index (χ3v) is 4.12. The molecule has 1 nitrogen and oxygen atoms in total. The van der Waals surface area contributed by atoms with Crippen molar-refractivity contribution in [1.29, 1.82) is 0 Å². The van der Waals surface area contributed by atoms with Crippen LogP contribution >= 0.6 is 0 Å². The maximum absolute atomic E-state index is 13.3. The van der Waals surface area contributed by atoms with Gasteiger partial charge in [0.25, 0.3) is 0 Å². The van der Waals surface area contributed by atoms with Gasteiger partial charge in [0, 0.05) is 12.5 Å². The Kier molecular flexibility index (Phi) is 3.29. The first-order valence-electron chi connectivity index (χ1n) is 6.12. The minimum absolute atomic E-state index is 0.124. The second-order valence-corrected chi connectivity index (χ2v) is 5.07. The summed E-state index contributed by atoms with van der Waals surface area (Å²) in [5.41, 5.74) is 1.44. The van der Waals surface area contributed by atoms with Crippen LogP contribution in [0, 0.1) is 11.2 Å². The van der Waals surface area contributed by atoms with Crippen LogP contribution in [-0.2, 0) is 0 Å². The summed E-state index contributed by atoms with van der Waals surface area (Å²) >= 11 is 0. The van der Waals surface area contributed by atoms with Gasteiger partial charge in [-0.1, -0.05) is 32.4 Å². The van der Waals surface area contributed by atoms with Crippen molar-refractivity contribution in [2.24, 2.45) is 5.41 Å². The van der Waals surface area contributed by atoms with Gasteiger partial charge in [-0.15, -0.1) is 0 Å². The average Bonchev–Trinajstić information content (AvgIpc) is 2.29. The third-order valence-electron chi connectivity index (χ3n) is 4.12. The van der Waals surface area contributed by atoms with Crippen LogP contribution < -0.4 is 5.32 Å². The Hall–Kier alpha value is -0.890. The van der Waals surface area contributed by atoms with Gasteiger partial charge in [0.15, 0.2) is 0 Å². The molecule has 2 atom stereocenters. The third kappa shape index (κ3) is 2.12. The summed E-state index contributed by atoms with van der Waals surface area (Å²) < 4.78 is 13.3. The van der Waals surface area contributed by atoms with E-state index in [0.29, 0.717) is 11.3 Å². The van der Waals surface area contributed by atoms with E-state index < -0.39 is 0 Å². The highest BCUT2D eigenvalue weighted by Crippen LogP contribution is 2.43. The second-order valence-electron chi connectivity index (χ2n) is 5.07. The van der Waals surface area contributed by atoms with Gasteiger partial charge >= 0.3 is 0 Å². The average molecular weight is 221 g/mol. The lowest BCUT2D eigenvalue weighted by atomic mass is 9.68. The van der Waals surface area contributed by atoms with E-state index in [0.717, 1.165) is 25.1 Å². The van der Waals surface area contributed by atoms with Crippen LogP contribution in [0.1, 0.15) is 38.2 Å². The number of nitrogens with one attached hydrogen (secondary N) is 1. The minimum atomic E-state index is -0.124. The number of hydrogen-bond acceptors (Lipinski definition) is 1. The van der Waals surface area contributed by atoms with E-state index in [4.69, 9.17) is 0 Å². The van der Waals surface area contributed by atoms with Crippen LogP contribution in [0.5, 0.6) is 0 Å². The van der Waals surface area contributed by atoms with Crippen molar-refractivity contribution in [3.8, 4) is 0 Å². The molecular weight excluding hydrogens is 201 g/mol. The van der Waals surface area contributed by atoms with Crippen molar-refractivity contribution < 1.29 is 4.39 Å². The molecular formula is C14H20FN. The van der Waals surface area contributed by atoms with Crippen LogP contribution in [0.4, 0.5) is 4.39 Å². The fourth-order valence-electron chi connectivity index (χ4n) is 2.71. The van der Waals surface area contributed by atoms with Crippen molar-refractivity contribution >= 4 is 0 Å². The summed E-state index contributed by atoms with van der Waals surface area (Å²) in [7, 11) is 0. The van der Waals surface area contributed by atoms with E-state index in [9.17, 15) is 4.39 Å². The van der Waals surface area contributed by atoms with Crippen molar-refractivity contribution in [3.05, 3.63) is 35.6 Å². The molecule has 0 bridgehead atoms. The van der Waals surface area contributed by atoms with Gasteiger partial charge in [0.1, 0.15) is 5.82 Å². The van der Waals surface area contributed by atoms with Gasteiger partial charge in [-0.2, -0.15) is 0 Å². The lowest BCUT2D eigenvalue weighted by Gasteiger charge is -2.41. The lowest BCUT2D eigenvalue weighted by molar-refractivity contribution is 0.180. The van der Waals surface area contributed by atoms with Gasteiger partial charge in [0.2, 0.25) is 0 Å². The number of halogens is 1. The molecule has 0 saturated carbocycles. The van der Waals surface area contributed by atoms with Gasteiger partial charge in [-0.3, -0.25) is 0 Å². The Morgan fingerprint density at radius 2 is 2.31 bits per heavy atom. The molecule has 0 radical (unpaired) electrons. The highest BCUT2D eigenvalue weighted by Gasteiger charge is 2.35. The Balaban J connectivity index is 2.30. The first kappa shape index (κ1) is 11.6. The molecule has 0 spiro atoms. The topological polar surface area (TPSA) is 12.0 Å². The molecule has 1 aromatic carbocycles. The molecule has 1 fully saturated rings. The molecule has 1 saturated heterocycles. The number of hydrogen-bond donors (Lipinski definition) is 1. The fraction of sp³-hybridized carbons (Fsp3) is 0.571. The highest BCUT2D eigenvalue weighted by molar-refractivity contribution is 5.24. The maximum atomic E-state index is 13.3.